The summed E-state index contributed by atoms with van der Waals surface area (Å²) in [5.74, 6) is -0.206. The third kappa shape index (κ3) is 5.19. The van der Waals surface area contributed by atoms with E-state index in [1.54, 1.807) is 21.0 Å². The molecule has 0 fully saturated rings. The van der Waals surface area contributed by atoms with Crippen LogP contribution >= 0.6 is 0 Å². The highest BCUT2D eigenvalue weighted by Gasteiger charge is 2.17. The minimum Gasteiger partial charge on any atom is -0.465 e. The van der Waals surface area contributed by atoms with Crippen LogP contribution in [0.15, 0.2) is 0 Å². The van der Waals surface area contributed by atoms with Gasteiger partial charge in [-0.1, -0.05) is 6.92 Å². The van der Waals surface area contributed by atoms with E-state index in [4.69, 9.17) is 9.47 Å². The van der Waals surface area contributed by atoms with Gasteiger partial charge in [0.05, 0.1) is 13.2 Å². The summed E-state index contributed by atoms with van der Waals surface area (Å²) < 4.78 is 9.91. The zero-order valence-electron chi connectivity index (χ0n) is 9.50. The van der Waals surface area contributed by atoms with Gasteiger partial charge < -0.3 is 9.47 Å². The topological polar surface area (TPSA) is 47.6 Å². The van der Waals surface area contributed by atoms with Gasteiger partial charge in [-0.2, -0.15) is 0 Å². The van der Waals surface area contributed by atoms with Gasteiger partial charge in [0.2, 0.25) is 0 Å². The molecule has 0 aromatic carbocycles. The van der Waals surface area contributed by atoms with Crippen LogP contribution in [0.4, 0.5) is 0 Å². The molecule has 0 aliphatic heterocycles. The quantitative estimate of drug-likeness (QED) is 0.626. The molecule has 0 rings (SSSR count). The second-order valence-electron chi connectivity index (χ2n) is 3.20. The number of nitrogens with one attached hydrogen (secondary N) is 1. The number of esters is 1. The van der Waals surface area contributed by atoms with Crippen LogP contribution in [0.2, 0.25) is 0 Å². The lowest BCUT2D eigenvalue weighted by atomic mass is 10.2. The van der Waals surface area contributed by atoms with Crippen molar-refractivity contribution in [3.8, 4) is 0 Å². The van der Waals surface area contributed by atoms with Crippen LogP contribution in [0.1, 0.15) is 27.2 Å². The molecule has 2 atom stereocenters. The van der Waals surface area contributed by atoms with Crippen molar-refractivity contribution in [2.75, 3.05) is 20.3 Å². The third-order valence-corrected chi connectivity index (χ3v) is 1.99. The Hall–Kier alpha value is -0.610. The first kappa shape index (κ1) is 13.4. The molecule has 4 nitrogen and oxygen atoms in total. The van der Waals surface area contributed by atoms with Crippen molar-refractivity contribution in [1.82, 2.24) is 5.32 Å². The first-order valence-electron chi connectivity index (χ1n) is 5.07. The number of rotatable bonds is 7. The minimum atomic E-state index is -0.268. The summed E-state index contributed by atoms with van der Waals surface area (Å²) in [4.78, 5) is 11.3. The Labute approximate surface area is 86.0 Å². The van der Waals surface area contributed by atoms with E-state index in [0.717, 1.165) is 6.42 Å². The van der Waals surface area contributed by atoms with Gasteiger partial charge in [-0.15, -0.1) is 0 Å². The maximum Gasteiger partial charge on any atom is 0.322 e. The Morgan fingerprint density at radius 3 is 2.50 bits per heavy atom. The molecule has 0 aromatic rings. The van der Waals surface area contributed by atoms with E-state index < -0.39 is 0 Å². The molecule has 14 heavy (non-hydrogen) atoms. The Morgan fingerprint density at radius 2 is 2.07 bits per heavy atom. The van der Waals surface area contributed by atoms with Gasteiger partial charge in [-0.3, -0.25) is 10.1 Å². The molecule has 84 valence electrons. The maximum absolute atomic E-state index is 11.3. The largest absolute Gasteiger partial charge is 0.465 e. The van der Waals surface area contributed by atoms with Gasteiger partial charge >= 0.3 is 5.97 Å². The number of carbonyl (C=O) groups is 1. The molecule has 0 amide bonds. The molecular weight excluding hydrogens is 182 g/mol. The second-order valence-corrected chi connectivity index (χ2v) is 3.20. The number of hydrogen-bond acceptors (Lipinski definition) is 4. The Morgan fingerprint density at radius 1 is 1.43 bits per heavy atom. The van der Waals surface area contributed by atoms with E-state index in [1.165, 1.54) is 0 Å². The maximum atomic E-state index is 11.3. The smallest absolute Gasteiger partial charge is 0.322 e. The average Bonchev–Trinajstić information content (AvgIpc) is 2.17. The third-order valence-electron chi connectivity index (χ3n) is 1.99. The average molecular weight is 203 g/mol. The van der Waals surface area contributed by atoms with Crippen LogP contribution in [0.3, 0.4) is 0 Å². The van der Waals surface area contributed by atoms with Crippen molar-refractivity contribution in [2.45, 2.75) is 39.3 Å². The lowest BCUT2D eigenvalue weighted by molar-refractivity contribution is -0.145. The van der Waals surface area contributed by atoms with E-state index in [9.17, 15) is 4.79 Å². The molecule has 0 heterocycles. The molecule has 0 saturated carbocycles. The highest BCUT2D eigenvalue weighted by atomic mass is 16.5. The summed E-state index contributed by atoms with van der Waals surface area (Å²) in [6, 6.07) is -0.0607. The van der Waals surface area contributed by atoms with Gasteiger partial charge in [-0.25, -0.2) is 0 Å². The molecule has 0 radical (unpaired) electrons. The zero-order chi connectivity index (χ0) is 11.0. The van der Waals surface area contributed by atoms with Crippen LogP contribution in [0.25, 0.3) is 0 Å². The molecular formula is C10H21NO3. The van der Waals surface area contributed by atoms with Crippen molar-refractivity contribution < 1.29 is 14.3 Å². The Kier molecular flexibility index (Phi) is 7.42. The summed E-state index contributed by atoms with van der Waals surface area (Å²) in [5.41, 5.74) is 0. The predicted molar refractivity (Wildman–Crippen MR) is 55.2 cm³/mol. The van der Waals surface area contributed by atoms with Crippen LogP contribution in [-0.2, 0) is 14.3 Å². The van der Waals surface area contributed by atoms with Crippen LogP contribution in [0.5, 0.6) is 0 Å². The molecule has 4 heteroatoms. The number of hydrogen-bond donors (Lipinski definition) is 1. The van der Waals surface area contributed by atoms with Crippen LogP contribution in [-0.4, -0.2) is 38.4 Å². The summed E-state index contributed by atoms with van der Waals surface area (Å²) in [6.07, 6.45) is 0.928. The Bertz CT molecular complexity index is 161. The van der Waals surface area contributed by atoms with Gasteiger partial charge in [0.25, 0.3) is 0 Å². The van der Waals surface area contributed by atoms with Gasteiger partial charge in [0.15, 0.2) is 0 Å². The zero-order valence-corrected chi connectivity index (χ0v) is 9.50. The fourth-order valence-electron chi connectivity index (χ4n) is 1.17. The second kappa shape index (κ2) is 7.76. The lowest BCUT2D eigenvalue weighted by Crippen LogP contribution is -2.44. The summed E-state index contributed by atoms with van der Waals surface area (Å²) >= 11 is 0. The summed E-state index contributed by atoms with van der Waals surface area (Å²) in [6.45, 7) is 6.69. The van der Waals surface area contributed by atoms with Crippen molar-refractivity contribution >= 4 is 5.97 Å². The van der Waals surface area contributed by atoms with E-state index in [-0.39, 0.29) is 18.1 Å². The molecule has 0 saturated heterocycles. The highest BCUT2D eigenvalue weighted by Crippen LogP contribution is 1.96. The summed E-state index contributed by atoms with van der Waals surface area (Å²) in [5, 5.41) is 3.15. The van der Waals surface area contributed by atoms with Gasteiger partial charge in [0.1, 0.15) is 6.04 Å². The number of carbonyl (C=O) groups excluding carboxylic acids is 1. The monoisotopic (exact) mass is 203 g/mol. The van der Waals surface area contributed by atoms with E-state index in [2.05, 4.69) is 12.2 Å². The minimum absolute atomic E-state index is 0.206. The standard InChI is InChI=1S/C10H21NO3/c1-5-9(7-13-4)11-8(3)10(12)14-6-2/h8-9,11H,5-7H2,1-4H3. The fourth-order valence-corrected chi connectivity index (χ4v) is 1.17. The molecule has 0 aliphatic carbocycles. The molecule has 0 aromatic heterocycles. The van der Waals surface area contributed by atoms with E-state index >= 15 is 0 Å². The van der Waals surface area contributed by atoms with Crippen LogP contribution < -0.4 is 5.32 Å². The molecule has 2 unspecified atom stereocenters. The number of methoxy groups -OCH3 is 1. The molecule has 0 aliphatic rings. The first-order chi connectivity index (χ1) is 6.65. The van der Waals surface area contributed by atoms with Crippen LogP contribution in [0, 0.1) is 0 Å². The normalized spacial score (nSPS) is 14.9. The SMILES string of the molecule is CCOC(=O)C(C)NC(CC)COC. The predicted octanol–water partition coefficient (Wildman–Crippen LogP) is 0.953. The Balaban J connectivity index is 3.88. The molecule has 0 bridgehead atoms. The number of ether oxygens (including phenoxy) is 2. The van der Waals surface area contributed by atoms with Gasteiger partial charge in [0, 0.05) is 13.2 Å². The van der Waals surface area contributed by atoms with Crippen molar-refractivity contribution in [1.29, 1.82) is 0 Å². The highest BCUT2D eigenvalue weighted by molar-refractivity contribution is 5.75. The van der Waals surface area contributed by atoms with Crippen molar-refractivity contribution in [3.05, 3.63) is 0 Å². The summed E-state index contributed by atoms with van der Waals surface area (Å²) in [7, 11) is 1.65. The van der Waals surface area contributed by atoms with Gasteiger partial charge in [-0.05, 0) is 20.3 Å². The van der Waals surface area contributed by atoms with E-state index in [0.29, 0.717) is 13.2 Å². The van der Waals surface area contributed by atoms with Crippen molar-refractivity contribution in [2.24, 2.45) is 0 Å². The molecule has 0 spiro atoms. The lowest BCUT2D eigenvalue weighted by Gasteiger charge is -2.20. The van der Waals surface area contributed by atoms with E-state index in [1.807, 2.05) is 0 Å². The fraction of sp³-hybridized carbons (Fsp3) is 0.900. The van der Waals surface area contributed by atoms with Crippen molar-refractivity contribution in [3.63, 3.8) is 0 Å². The molecule has 1 N–H and O–H groups in total. The first-order valence-corrected chi connectivity index (χ1v) is 5.07.